The predicted molar refractivity (Wildman–Crippen MR) is 343 cm³/mol. The second-order valence-electron chi connectivity index (χ2n) is 21.7. The van der Waals surface area contributed by atoms with E-state index in [2.05, 4.69) is 62.0 Å². The fraction of sp³-hybridized carbons (Fsp3) is 0.222. The number of nitrogens with zero attached hydrogens (tertiary/aromatic N) is 11. The molecule has 7 N–H and O–H groups in total. The number of aliphatic hydroxyl groups excluding tert-OH is 3. The Labute approximate surface area is 542 Å². The quantitative estimate of drug-likeness (QED) is 0.0508. The summed E-state index contributed by atoms with van der Waals surface area (Å²) in [4.78, 5) is 52.4. The first-order chi connectivity index (χ1) is 44.3. The van der Waals surface area contributed by atoms with E-state index in [1.807, 2.05) is 27.7 Å². The molecule has 482 valence electrons. The summed E-state index contributed by atoms with van der Waals surface area (Å²) in [5, 5.41) is 35.4. The Bertz CT molecular complexity index is 4650. The number of anilines is 2. The van der Waals surface area contributed by atoms with Crippen molar-refractivity contribution in [2.45, 2.75) is 71.4 Å². The van der Waals surface area contributed by atoms with Gasteiger partial charge in [0.05, 0.1) is 52.4 Å². The van der Waals surface area contributed by atoms with Crippen LogP contribution in [0.15, 0.2) is 163 Å². The van der Waals surface area contributed by atoms with Gasteiger partial charge in [0.15, 0.2) is 22.9 Å². The molecule has 0 bridgehead atoms. The molecule has 1 aliphatic heterocycles. The summed E-state index contributed by atoms with van der Waals surface area (Å²) in [5.74, 6) is -3.37. The average Bonchev–Trinajstić information content (AvgIpc) is 1.72. The van der Waals surface area contributed by atoms with E-state index in [4.69, 9.17) is 31.0 Å². The summed E-state index contributed by atoms with van der Waals surface area (Å²) in [6.07, 6.45) is 4.48. The van der Waals surface area contributed by atoms with Gasteiger partial charge >= 0.3 is 7.12 Å². The van der Waals surface area contributed by atoms with Crippen LogP contribution >= 0.6 is 31.9 Å². The normalized spacial score (nSPS) is 13.1. The highest BCUT2D eigenvalue weighted by Gasteiger charge is 2.52. The second-order valence-corrected chi connectivity index (χ2v) is 23.4. The highest BCUT2D eigenvalue weighted by Crippen LogP contribution is 2.38. The van der Waals surface area contributed by atoms with Crippen LogP contribution in [0.2, 0.25) is 0 Å². The minimum Gasteiger partial charge on any atom is -0.399 e. The first kappa shape index (κ1) is 68.2. The van der Waals surface area contributed by atoms with E-state index in [9.17, 15) is 45.8 Å². The third-order valence-electron chi connectivity index (χ3n) is 14.9. The predicted octanol–water partition coefficient (Wildman–Crippen LogP) is 8.09. The van der Waals surface area contributed by atoms with E-state index in [0.29, 0.717) is 50.3 Å². The zero-order valence-electron chi connectivity index (χ0n) is 50.0. The Hall–Kier alpha value is -9.17. The van der Waals surface area contributed by atoms with E-state index in [1.54, 1.807) is 42.7 Å². The Balaban J connectivity index is 0.000000158. The lowest BCUT2D eigenvalue weighted by molar-refractivity contribution is 0.00578. The number of nitrogen functional groups attached to an aromatic ring is 2. The molecule has 1 aliphatic rings. The van der Waals surface area contributed by atoms with Crippen LogP contribution in [-0.2, 0) is 41.8 Å². The van der Waals surface area contributed by atoms with Crippen molar-refractivity contribution in [1.82, 2.24) is 52.9 Å². The van der Waals surface area contributed by atoms with Gasteiger partial charge in [-0.15, -0.1) is 10.2 Å². The van der Waals surface area contributed by atoms with Crippen molar-refractivity contribution in [2.75, 3.05) is 31.3 Å². The number of hydrogen-bond acceptors (Lipinski definition) is 16. The molecular formula is C63H58BBr2F6N13O8. The minimum absolute atomic E-state index is 0.0175. The fourth-order valence-electron chi connectivity index (χ4n) is 9.42. The van der Waals surface area contributed by atoms with Crippen molar-refractivity contribution in [3.63, 3.8) is 0 Å². The minimum atomic E-state index is -0.733. The molecule has 93 heavy (non-hydrogen) atoms. The molecule has 0 saturated carbocycles. The van der Waals surface area contributed by atoms with Crippen molar-refractivity contribution in [3.8, 4) is 33.6 Å². The molecule has 1 saturated heterocycles. The number of aliphatic hydroxyl groups is 3. The molecule has 0 spiro atoms. The largest absolute Gasteiger partial charge is 0.496 e. The topological polar surface area (TPSA) is 283 Å². The maximum Gasteiger partial charge on any atom is 0.496 e. The Morgan fingerprint density at radius 1 is 0.495 bits per heavy atom. The number of aromatic nitrogens is 11. The summed E-state index contributed by atoms with van der Waals surface area (Å²) >= 11 is 6.64. The summed E-state index contributed by atoms with van der Waals surface area (Å²) in [6, 6.07) is 27.7. The number of hydrogen-bond donors (Lipinski definition) is 5. The molecule has 12 rings (SSSR count). The highest BCUT2D eigenvalue weighted by molar-refractivity contribution is 9.11. The maximum atomic E-state index is 14.3. The molecule has 21 nitrogen and oxygen atoms in total. The fourth-order valence-corrected chi connectivity index (χ4v) is 10.4. The molecule has 4 aromatic carbocycles. The molecule has 1 fully saturated rings. The van der Waals surface area contributed by atoms with Gasteiger partial charge in [-0.1, -0.05) is 18.2 Å². The number of nitrogens with two attached hydrogens (primary N) is 2. The van der Waals surface area contributed by atoms with Crippen molar-refractivity contribution < 1.29 is 51.0 Å². The zero-order chi connectivity index (χ0) is 67.1. The summed E-state index contributed by atoms with van der Waals surface area (Å²) in [5.41, 5.74) is 14.6. The van der Waals surface area contributed by atoms with Gasteiger partial charge in [0.1, 0.15) is 34.9 Å². The van der Waals surface area contributed by atoms with Crippen molar-refractivity contribution >= 4 is 67.6 Å². The van der Waals surface area contributed by atoms with E-state index in [-0.39, 0.29) is 109 Å². The lowest BCUT2D eigenvalue weighted by Gasteiger charge is -2.32. The first-order valence-electron chi connectivity index (χ1n) is 28.4. The number of rotatable bonds is 14. The van der Waals surface area contributed by atoms with Gasteiger partial charge in [0.25, 0.3) is 16.7 Å². The monoisotopic (exact) mass is 1410 g/mol. The summed E-state index contributed by atoms with van der Waals surface area (Å²) < 4.78 is 103. The van der Waals surface area contributed by atoms with Gasteiger partial charge in [0.2, 0.25) is 11.9 Å². The maximum absolute atomic E-state index is 14.3. The first-order valence-corrected chi connectivity index (χ1v) is 30.0. The van der Waals surface area contributed by atoms with E-state index >= 15 is 0 Å². The van der Waals surface area contributed by atoms with Crippen molar-refractivity contribution in [1.29, 1.82) is 0 Å². The van der Waals surface area contributed by atoms with E-state index in [0.717, 1.165) is 22.1 Å². The number of benzene rings is 4. The summed E-state index contributed by atoms with van der Waals surface area (Å²) in [7, 11) is -0.490. The van der Waals surface area contributed by atoms with Gasteiger partial charge in [0, 0.05) is 102 Å². The Morgan fingerprint density at radius 2 is 0.892 bits per heavy atom. The second kappa shape index (κ2) is 29.2. The number of pyridine rings is 3. The lowest BCUT2D eigenvalue weighted by Crippen LogP contribution is -2.41. The molecule has 7 aromatic heterocycles. The van der Waals surface area contributed by atoms with Crippen LogP contribution in [0.1, 0.15) is 50.5 Å². The van der Waals surface area contributed by atoms with Gasteiger partial charge in [-0.2, -0.15) is 9.03 Å². The molecular weight excluding hydrogens is 1350 g/mol. The molecule has 0 aliphatic carbocycles. The average molecular weight is 1410 g/mol. The highest BCUT2D eigenvalue weighted by atomic mass is 79.9. The van der Waals surface area contributed by atoms with Crippen LogP contribution in [0, 0.1) is 34.9 Å². The van der Waals surface area contributed by atoms with Crippen LogP contribution in [0.25, 0.3) is 44.9 Å². The van der Waals surface area contributed by atoms with Crippen LogP contribution in [0.3, 0.4) is 0 Å². The molecule has 8 heterocycles. The molecule has 0 unspecified atom stereocenters. The van der Waals surface area contributed by atoms with Crippen molar-refractivity contribution in [2.24, 2.45) is 0 Å². The smallest absolute Gasteiger partial charge is 0.399 e. The van der Waals surface area contributed by atoms with Crippen molar-refractivity contribution in [3.05, 3.63) is 238 Å². The zero-order valence-corrected chi connectivity index (χ0v) is 53.2. The SMILES string of the molecule is CC1(C)OB(c2ccc(=O)n(CCO)c2)OC1(C)C.Nc1nc(-c2ccc(F)cc2)c(-c2ccc(=O)n(CCO)c2)c2nc(Cc3c(F)cccc3F)nn12.Nc1nc(-c2ccc(F)cc2)c(Br)c2nc(Cc3c(F)cccc3F)nn12.O=c1ccc(Br)cn1CCO. The molecule has 0 atom stereocenters. The van der Waals surface area contributed by atoms with Crippen LogP contribution in [-0.4, -0.2) is 106 Å². The molecule has 30 heteroatoms. The van der Waals surface area contributed by atoms with Gasteiger partial charge < -0.3 is 49.8 Å². The van der Waals surface area contributed by atoms with Crippen LogP contribution in [0.5, 0.6) is 0 Å². The Morgan fingerprint density at radius 3 is 1.38 bits per heavy atom. The molecule has 11 aromatic rings. The van der Waals surface area contributed by atoms with Crippen LogP contribution < -0.4 is 33.6 Å². The third-order valence-corrected chi connectivity index (χ3v) is 16.1. The number of halogens is 8. The van der Waals surface area contributed by atoms with Crippen LogP contribution in [0.4, 0.5) is 38.2 Å². The third kappa shape index (κ3) is 15.7. The standard InChI is InChI=1S/C25H19F3N6O2.C18H11BrF3N5.C13H20BNO4.C7H8BrNO2/c26-16-7-4-14(5-8-16)23-22(15-6-9-21(36)33(13-15)10-11-35)24-30-20(32-34(24)25(29)31-23)12-17-18(27)2-1-3-19(17)28;19-15-16(9-4-6-10(20)7-5-9)25-18(23)27-17(15)24-14(26-27)8-11-12(21)2-1-3-13(11)22;1-12(2)13(3,4)19-14(18-12)10-5-6-11(17)15(9-10)7-8-16;8-6-1-2-7(11)9(5-6)3-4-10/h1-9,13,35H,10-12H2,(H2,29,31);1-7H,8H2,(H2,23,25);5-6,9,16H,7-8H2,1-4H3;1-2,5,10H,3-4H2. The number of fused-ring (bicyclic) bond motifs is 2. The molecule has 0 radical (unpaired) electrons. The lowest BCUT2D eigenvalue weighted by atomic mass is 9.80. The summed E-state index contributed by atoms with van der Waals surface area (Å²) in [6.45, 7) is 8.25. The van der Waals surface area contributed by atoms with Gasteiger partial charge in [-0.3, -0.25) is 14.4 Å². The molecule has 0 amide bonds. The Kier molecular flexibility index (Phi) is 21.4. The van der Waals surface area contributed by atoms with E-state index in [1.165, 1.54) is 108 Å². The van der Waals surface area contributed by atoms with E-state index < -0.39 is 47.4 Å². The van der Waals surface area contributed by atoms with Gasteiger partial charge in [-0.25, -0.2) is 46.3 Å². The van der Waals surface area contributed by atoms with Gasteiger partial charge in [-0.05, 0) is 150 Å².